The van der Waals surface area contributed by atoms with E-state index in [1.165, 1.54) is 13.2 Å². The van der Waals surface area contributed by atoms with Gasteiger partial charge >= 0.3 is 0 Å². The monoisotopic (exact) mass is 367 g/mol. The van der Waals surface area contributed by atoms with Gasteiger partial charge in [-0.05, 0) is 43.3 Å². The van der Waals surface area contributed by atoms with Crippen LogP contribution in [0.25, 0.3) is 0 Å². The second kappa shape index (κ2) is 8.04. The summed E-state index contributed by atoms with van der Waals surface area (Å²) in [7, 11) is -2.64. The molecular weight excluding hydrogens is 349 g/mol. The van der Waals surface area contributed by atoms with Crippen LogP contribution in [0.15, 0.2) is 47.5 Å². The summed E-state index contributed by atoms with van der Waals surface area (Å²) in [6.45, 7) is 1.74. The van der Waals surface area contributed by atoms with Gasteiger partial charge in [-0.1, -0.05) is 0 Å². The number of anilines is 1. The number of hydrogen-bond acceptors (Lipinski definition) is 5. The van der Waals surface area contributed by atoms with E-state index in [2.05, 4.69) is 10.3 Å². The topological polar surface area (TPSA) is 88.6 Å². The minimum Gasteiger partial charge on any atom is -0.476 e. The highest BCUT2D eigenvalue weighted by atomic mass is 32.2. The molecule has 0 saturated carbocycles. The molecule has 0 atom stereocenters. The number of likely N-dealkylation sites (N-methyl/N-ethyl adjacent to an activating group) is 1. The van der Waals surface area contributed by atoms with E-state index in [-0.39, 0.29) is 10.8 Å². The predicted octanol–water partition coefficient (Wildman–Crippen LogP) is 1.88. The average molecular weight is 367 g/mol. The molecule has 0 saturated heterocycles. The van der Waals surface area contributed by atoms with Crippen LogP contribution in [0.4, 0.5) is 10.1 Å². The third-order valence-corrected chi connectivity index (χ3v) is 5.03. The van der Waals surface area contributed by atoms with Crippen LogP contribution in [-0.4, -0.2) is 43.8 Å². The number of pyridine rings is 1. The van der Waals surface area contributed by atoms with E-state index in [9.17, 15) is 17.6 Å². The molecule has 9 heteroatoms. The Labute approximate surface area is 145 Å². The summed E-state index contributed by atoms with van der Waals surface area (Å²) in [6, 6.07) is 7.61. The van der Waals surface area contributed by atoms with Crippen molar-refractivity contribution in [3.8, 4) is 5.88 Å². The van der Waals surface area contributed by atoms with Gasteiger partial charge < -0.3 is 10.1 Å². The number of benzene rings is 1. The van der Waals surface area contributed by atoms with E-state index in [1.54, 1.807) is 19.1 Å². The van der Waals surface area contributed by atoms with Crippen LogP contribution in [0.2, 0.25) is 0 Å². The number of carbonyl (C=O) groups excluding carboxylic acids is 1. The van der Waals surface area contributed by atoms with Gasteiger partial charge in [-0.25, -0.2) is 17.8 Å². The SMILES string of the molecule is CCOc1ncccc1NC(=O)CN(C)S(=O)(=O)c1ccc(F)cc1. The quantitative estimate of drug-likeness (QED) is 0.807. The van der Waals surface area contributed by atoms with Gasteiger partial charge in [0.05, 0.1) is 18.0 Å². The third-order valence-electron chi connectivity index (χ3n) is 3.21. The first-order valence-corrected chi connectivity index (χ1v) is 8.88. The Kier molecular flexibility index (Phi) is 6.05. The molecule has 1 amide bonds. The van der Waals surface area contributed by atoms with Crippen LogP contribution in [0, 0.1) is 5.82 Å². The average Bonchev–Trinajstić information content (AvgIpc) is 2.57. The lowest BCUT2D eigenvalue weighted by Gasteiger charge is -2.17. The van der Waals surface area contributed by atoms with Crippen molar-refractivity contribution in [2.24, 2.45) is 0 Å². The Morgan fingerprint density at radius 1 is 1.28 bits per heavy atom. The number of ether oxygens (including phenoxy) is 1. The zero-order chi connectivity index (χ0) is 18.4. The molecule has 0 unspecified atom stereocenters. The Morgan fingerprint density at radius 3 is 2.60 bits per heavy atom. The fourth-order valence-corrected chi connectivity index (χ4v) is 3.13. The Bertz CT molecular complexity index is 841. The van der Waals surface area contributed by atoms with E-state index in [0.717, 1.165) is 28.6 Å². The highest BCUT2D eigenvalue weighted by molar-refractivity contribution is 7.89. The lowest BCUT2D eigenvalue weighted by Crippen LogP contribution is -2.35. The predicted molar refractivity (Wildman–Crippen MR) is 90.3 cm³/mol. The molecule has 2 aromatic rings. The van der Waals surface area contributed by atoms with E-state index in [4.69, 9.17) is 4.74 Å². The van der Waals surface area contributed by atoms with E-state index in [0.29, 0.717) is 12.3 Å². The van der Waals surface area contributed by atoms with Crippen LogP contribution in [0.5, 0.6) is 5.88 Å². The molecule has 0 radical (unpaired) electrons. The number of nitrogens with one attached hydrogen (secondary N) is 1. The van der Waals surface area contributed by atoms with Crippen LogP contribution < -0.4 is 10.1 Å². The first-order chi connectivity index (χ1) is 11.8. The molecule has 1 aromatic heterocycles. The summed E-state index contributed by atoms with van der Waals surface area (Å²) < 4.78 is 43.9. The minimum absolute atomic E-state index is 0.0967. The molecule has 0 spiro atoms. The van der Waals surface area contributed by atoms with Gasteiger partial charge in [0.2, 0.25) is 21.8 Å². The molecule has 0 bridgehead atoms. The van der Waals surface area contributed by atoms with Gasteiger partial charge in [-0.3, -0.25) is 4.79 Å². The number of rotatable bonds is 7. The summed E-state index contributed by atoms with van der Waals surface area (Å²) in [5.74, 6) is -0.844. The normalized spacial score (nSPS) is 11.4. The Morgan fingerprint density at radius 2 is 1.96 bits per heavy atom. The van der Waals surface area contributed by atoms with Gasteiger partial charge in [0, 0.05) is 13.2 Å². The van der Waals surface area contributed by atoms with Crippen molar-refractivity contribution in [3.05, 3.63) is 48.4 Å². The molecule has 0 aliphatic rings. The van der Waals surface area contributed by atoms with Gasteiger partial charge in [0.1, 0.15) is 11.5 Å². The first kappa shape index (κ1) is 18.8. The fourth-order valence-electron chi connectivity index (χ4n) is 2.00. The molecular formula is C16H18FN3O4S. The Balaban J connectivity index is 2.08. The first-order valence-electron chi connectivity index (χ1n) is 7.44. The summed E-state index contributed by atoms with van der Waals surface area (Å²) in [6.07, 6.45) is 1.52. The Hall–Kier alpha value is -2.52. The number of halogens is 1. The molecule has 1 heterocycles. The molecule has 0 aliphatic carbocycles. The van der Waals surface area contributed by atoms with Crippen molar-refractivity contribution in [1.82, 2.24) is 9.29 Å². The molecule has 1 N–H and O–H groups in total. The highest BCUT2D eigenvalue weighted by Crippen LogP contribution is 2.21. The molecule has 2 rings (SSSR count). The summed E-state index contributed by atoms with van der Waals surface area (Å²) in [5.41, 5.74) is 0.349. The molecule has 134 valence electrons. The zero-order valence-electron chi connectivity index (χ0n) is 13.8. The zero-order valence-corrected chi connectivity index (χ0v) is 14.6. The molecule has 0 fully saturated rings. The van der Waals surface area contributed by atoms with Crippen LogP contribution in [0.3, 0.4) is 0 Å². The van der Waals surface area contributed by atoms with Crippen molar-refractivity contribution in [1.29, 1.82) is 0 Å². The van der Waals surface area contributed by atoms with Crippen molar-refractivity contribution in [3.63, 3.8) is 0 Å². The minimum atomic E-state index is -3.90. The lowest BCUT2D eigenvalue weighted by atomic mass is 10.4. The third kappa shape index (κ3) is 4.74. The number of nitrogens with zero attached hydrogens (tertiary/aromatic N) is 2. The van der Waals surface area contributed by atoms with Crippen LogP contribution >= 0.6 is 0 Å². The largest absolute Gasteiger partial charge is 0.476 e. The van der Waals surface area contributed by atoms with Gasteiger partial charge in [-0.2, -0.15) is 4.31 Å². The molecule has 7 nitrogen and oxygen atoms in total. The maximum absolute atomic E-state index is 12.9. The van der Waals surface area contributed by atoms with Crippen molar-refractivity contribution < 1.29 is 22.3 Å². The smallest absolute Gasteiger partial charge is 0.243 e. The van der Waals surface area contributed by atoms with Gasteiger partial charge in [-0.15, -0.1) is 0 Å². The summed E-state index contributed by atoms with van der Waals surface area (Å²) in [5, 5.41) is 2.57. The van der Waals surface area contributed by atoms with Crippen molar-refractivity contribution >= 4 is 21.6 Å². The van der Waals surface area contributed by atoms with E-state index < -0.39 is 28.3 Å². The highest BCUT2D eigenvalue weighted by Gasteiger charge is 2.23. The molecule has 0 aliphatic heterocycles. The van der Waals surface area contributed by atoms with Crippen molar-refractivity contribution in [2.75, 3.05) is 25.5 Å². The fraction of sp³-hybridized carbons (Fsp3) is 0.250. The summed E-state index contributed by atoms with van der Waals surface area (Å²) >= 11 is 0. The van der Waals surface area contributed by atoms with E-state index >= 15 is 0 Å². The number of aromatic nitrogens is 1. The maximum Gasteiger partial charge on any atom is 0.243 e. The number of carbonyl (C=O) groups is 1. The molecule has 1 aromatic carbocycles. The van der Waals surface area contributed by atoms with Gasteiger partial charge in [0.25, 0.3) is 0 Å². The number of hydrogen-bond donors (Lipinski definition) is 1. The van der Waals surface area contributed by atoms with Crippen LogP contribution in [0.1, 0.15) is 6.92 Å². The number of amides is 1. The van der Waals surface area contributed by atoms with Crippen LogP contribution in [-0.2, 0) is 14.8 Å². The lowest BCUT2D eigenvalue weighted by molar-refractivity contribution is -0.116. The van der Waals surface area contributed by atoms with E-state index in [1.807, 2.05) is 0 Å². The second-order valence-corrected chi connectivity index (χ2v) is 7.10. The second-order valence-electron chi connectivity index (χ2n) is 5.05. The van der Waals surface area contributed by atoms with Crippen molar-refractivity contribution in [2.45, 2.75) is 11.8 Å². The maximum atomic E-state index is 12.9. The standard InChI is InChI=1S/C16H18FN3O4S/c1-3-24-16-14(5-4-10-18-16)19-15(21)11-20(2)25(22,23)13-8-6-12(17)7-9-13/h4-10H,3,11H2,1-2H3,(H,19,21). The summed E-state index contributed by atoms with van der Waals surface area (Å²) in [4.78, 5) is 16.1. The molecule has 25 heavy (non-hydrogen) atoms. The number of sulfonamides is 1. The van der Waals surface area contributed by atoms with Gasteiger partial charge in [0.15, 0.2) is 0 Å².